The zero-order chi connectivity index (χ0) is 17.1. The summed E-state index contributed by atoms with van der Waals surface area (Å²) < 4.78 is 0. The molecule has 1 fully saturated rings. The van der Waals surface area contributed by atoms with E-state index >= 15 is 0 Å². The van der Waals surface area contributed by atoms with Crippen molar-refractivity contribution in [2.45, 2.75) is 33.1 Å². The molecule has 124 valence electrons. The first-order valence-corrected chi connectivity index (χ1v) is 8.89. The molecule has 1 heterocycles. The largest absolute Gasteiger partial charge is 0.371 e. The van der Waals surface area contributed by atoms with Crippen molar-refractivity contribution in [1.82, 2.24) is 0 Å². The highest BCUT2D eigenvalue weighted by Crippen LogP contribution is 2.31. The van der Waals surface area contributed by atoms with Crippen molar-refractivity contribution < 1.29 is 0 Å². The average Bonchev–Trinajstić information content (AvgIpc) is 3.04. The van der Waals surface area contributed by atoms with Gasteiger partial charge in [0.15, 0.2) is 0 Å². The third kappa shape index (κ3) is 3.62. The van der Waals surface area contributed by atoms with Crippen molar-refractivity contribution in [1.29, 1.82) is 5.26 Å². The van der Waals surface area contributed by atoms with Gasteiger partial charge in [-0.1, -0.05) is 31.7 Å². The number of nitrogens with zero attached hydrogens (tertiary/aromatic N) is 2. The number of hydrogen-bond donors (Lipinski definition) is 0. The number of anilines is 1. The van der Waals surface area contributed by atoms with Crippen LogP contribution in [0.25, 0.3) is 0 Å². The number of aryl methyl sites for hydroxylation is 1. The van der Waals surface area contributed by atoms with Gasteiger partial charge in [-0.25, -0.2) is 0 Å². The van der Waals surface area contributed by atoms with Gasteiger partial charge in [0.25, 0.3) is 0 Å². The number of benzene rings is 1. The average molecular weight is 318 g/mol. The van der Waals surface area contributed by atoms with E-state index in [0.29, 0.717) is 11.8 Å². The van der Waals surface area contributed by atoms with Crippen molar-refractivity contribution in [3.05, 3.63) is 65.3 Å². The SMILES string of the molecule is C=C(CC1CCN(c2ccc(C#N)c(C)c2)C1)C1=CCC(C)C=C1. The molecule has 1 aromatic carbocycles. The third-order valence-corrected chi connectivity index (χ3v) is 5.24. The monoisotopic (exact) mass is 318 g/mol. The van der Waals surface area contributed by atoms with E-state index in [9.17, 15) is 0 Å². The van der Waals surface area contributed by atoms with E-state index < -0.39 is 0 Å². The van der Waals surface area contributed by atoms with E-state index in [0.717, 1.165) is 37.1 Å². The molecular formula is C22H26N2. The van der Waals surface area contributed by atoms with E-state index in [4.69, 9.17) is 5.26 Å². The van der Waals surface area contributed by atoms with Crippen molar-refractivity contribution in [2.75, 3.05) is 18.0 Å². The number of hydrogen-bond acceptors (Lipinski definition) is 2. The molecule has 24 heavy (non-hydrogen) atoms. The van der Waals surface area contributed by atoms with E-state index in [2.05, 4.69) is 54.8 Å². The highest BCUT2D eigenvalue weighted by atomic mass is 15.1. The van der Waals surface area contributed by atoms with Gasteiger partial charge in [-0.15, -0.1) is 0 Å². The lowest BCUT2D eigenvalue weighted by Crippen LogP contribution is -2.20. The zero-order valence-electron chi connectivity index (χ0n) is 14.8. The molecule has 0 N–H and O–H groups in total. The minimum atomic E-state index is 0.656. The molecule has 2 heteroatoms. The Hall–Kier alpha value is -2.27. The molecule has 0 spiro atoms. The molecular weight excluding hydrogens is 292 g/mol. The first kappa shape index (κ1) is 16.6. The Morgan fingerprint density at radius 1 is 1.42 bits per heavy atom. The molecule has 2 aliphatic rings. The fourth-order valence-corrected chi connectivity index (χ4v) is 3.66. The van der Waals surface area contributed by atoms with E-state index in [1.54, 1.807) is 0 Å². The predicted molar refractivity (Wildman–Crippen MR) is 101 cm³/mol. The van der Waals surface area contributed by atoms with Crippen molar-refractivity contribution in [3.63, 3.8) is 0 Å². The van der Waals surface area contributed by atoms with Gasteiger partial charge < -0.3 is 4.90 Å². The van der Waals surface area contributed by atoms with Crippen LogP contribution in [0.15, 0.2) is 54.2 Å². The normalized spacial score (nSPS) is 23.0. The molecule has 3 rings (SSSR count). The molecule has 1 aromatic rings. The molecule has 0 saturated carbocycles. The Labute approximate surface area is 145 Å². The standard InChI is InChI=1S/C22H26N2/c1-16-4-6-20(7-5-16)17(2)12-19-10-11-24(15-19)22-9-8-21(14-23)18(3)13-22/h4,6-9,13,16,19H,2,5,10-12,15H2,1,3H3. The van der Waals surface area contributed by atoms with Gasteiger partial charge in [0.2, 0.25) is 0 Å². The topological polar surface area (TPSA) is 27.0 Å². The molecule has 0 aromatic heterocycles. The van der Waals surface area contributed by atoms with Gasteiger partial charge in [0.1, 0.15) is 0 Å². The zero-order valence-corrected chi connectivity index (χ0v) is 14.8. The van der Waals surface area contributed by atoms with Gasteiger partial charge in [-0.3, -0.25) is 0 Å². The molecule has 1 aliphatic heterocycles. The maximum atomic E-state index is 9.07. The minimum Gasteiger partial charge on any atom is -0.371 e. The summed E-state index contributed by atoms with van der Waals surface area (Å²) in [5.41, 5.74) is 5.69. The van der Waals surface area contributed by atoms with Gasteiger partial charge in [0.05, 0.1) is 11.6 Å². The van der Waals surface area contributed by atoms with Gasteiger partial charge in [0, 0.05) is 18.8 Å². The van der Waals surface area contributed by atoms with Crippen LogP contribution in [0.3, 0.4) is 0 Å². The summed E-state index contributed by atoms with van der Waals surface area (Å²) in [5.74, 6) is 1.32. The Morgan fingerprint density at radius 3 is 2.92 bits per heavy atom. The molecule has 0 bridgehead atoms. The Balaban J connectivity index is 1.60. The van der Waals surface area contributed by atoms with Crippen molar-refractivity contribution in [3.8, 4) is 6.07 Å². The summed E-state index contributed by atoms with van der Waals surface area (Å²) >= 11 is 0. The lowest BCUT2D eigenvalue weighted by atomic mass is 9.89. The Bertz CT molecular complexity index is 733. The summed E-state index contributed by atoms with van der Waals surface area (Å²) in [4.78, 5) is 2.44. The molecule has 0 radical (unpaired) electrons. The predicted octanol–water partition coefficient (Wildman–Crippen LogP) is 5.16. The van der Waals surface area contributed by atoms with Crippen LogP contribution in [0.5, 0.6) is 0 Å². The highest BCUT2D eigenvalue weighted by Gasteiger charge is 2.24. The molecule has 1 aliphatic carbocycles. The second-order valence-electron chi connectivity index (χ2n) is 7.25. The summed E-state index contributed by atoms with van der Waals surface area (Å²) in [6.45, 7) is 10.8. The fraction of sp³-hybridized carbons (Fsp3) is 0.409. The highest BCUT2D eigenvalue weighted by molar-refractivity contribution is 5.54. The van der Waals surface area contributed by atoms with Crippen LogP contribution < -0.4 is 4.90 Å². The second-order valence-corrected chi connectivity index (χ2v) is 7.25. The van der Waals surface area contributed by atoms with Crippen LogP contribution in [-0.2, 0) is 0 Å². The summed E-state index contributed by atoms with van der Waals surface area (Å²) in [6.07, 6.45) is 10.3. The summed E-state index contributed by atoms with van der Waals surface area (Å²) in [5, 5.41) is 9.07. The fourth-order valence-electron chi connectivity index (χ4n) is 3.66. The van der Waals surface area contributed by atoms with Crippen LogP contribution in [0.4, 0.5) is 5.69 Å². The van der Waals surface area contributed by atoms with Crippen LogP contribution >= 0.6 is 0 Å². The Morgan fingerprint density at radius 2 is 2.25 bits per heavy atom. The summed E-state index contributed by atoms with van der Waals surface area (Å²) in [7, 11) is 0. The van der Waals surface area contributed by atoms with Crippen LogP contribution in [0.2, 0.25) is 0 Å². The van der Waals surface area contributed by atoms with Gasteiger partial charge >= 0.3 is 0 Å². The molecule has 2 nitrogen and oxygen atoms in total. The van der Waals surface area contributed by atoms with Crippen molar-refractivity contribution >= 4 is 5.69 Å². The first-order chi connectivity index (χ1) is 11.6. The molecule has 0 amide bonds. The molecule has 2 unspecified atom stereocenters. The first-order valence-electron chi connectivity index (χ1n) is 8.89. The number of rotatable bonds is 4. The van der Waals surface area contributed by atoms with E-state index in [1.165, 1.54) is 23.3 Å². The van der Waals surface area contributed by atoms with E-state index in [1.807, 2.05) is 13.0 Å². The van der Waals surface area contributed by atoms with Gasteiger partial charge in [-0.05, 0) is 72.9 Å². The minimum absolute atomic E-state index is 0.656. The van der Waals surface area contributed by atoms with Crippen LogP contribution in [0, 0.1) is 30.1 Å². The smallest absolute Gasteiger partial charge is 0.0994 e. The number of nitriles is 1. The second kappa shape index (κ2) is 7.09. The third-order valence-electron chi connectivity index (χ3n) is 5.24. The lowest BCUT2D eigenvalue weighted by Gasteiger charge is -2.20. The number of allylic oxidation sites excluding steroid dienone is 5. The maximum absolute atomic E-state index is 9.07. The van der Waals surface area contributed by atoms with Crippen molar-refractivity contribution in [2.24, 2.45) is 11.8 Å². The van der Waals surface area contributed by atoms with Crippen LogP contribution in [-0.4, -0.2) is 13.1 Å². The van der Waals surface area contributed by atoms with E-state index in [-0.39, 0.29) is 0 Å². The molecule has 2 atom stereocenters. The molecule has 1 saturated heterocycles. The quantitative estimate of drug-likeness (QED) is 0.766. The summed E-state index contributed by atoms with van der Waals surface area (Å²) in [6, 6.07) is 8.41. The van der Waals surface area contributed by atoms with Crippen LogP contribution in [0.1, 0.15) is 37.3 Å². The lowest BCUT2D eigenvalue weighted by molar-refractivity contribution is 0.586. The maximum Gasteiger partial charge on any atom is 0.0994 e. The van der Waals surface area contributed by atoms with Gasteiger partial charge in [-0.2, -0.15) is 5.26 Å². The Kier molecular flexibility index (Phi) is 4.90.